The van der Waals surface area contributed by atoms with E-state index in [4.69, 9.17) is 0 Å². The van der Waals surface area contributed by atoms with Gasteiger partial charge in [-0.3, -0.25) is 9.78 Å². The van der Waals surface area contributed by atoms with E-state index in [2.05, 4.69) is 4.98 Å². The Labute approximate surface area is 114 Å². The van der Waals surface area contributed by atoms with Gasteiger partial charge in [0.2, 0.25) is 0 Å². The summed E-state index contributed by atoms with van der Waals surface area (Å²) in [5.74, 6) is -0.298. The third kappa shape index (κ3) is 3.66. The number of benzene rings is 1. The quantitative estimate of drug-likeness (QED) is 0.794. The van der Waals surface area contributed by atoms with Gasteiger partial charge in [-0.15, -0.1) is 0 Å². The maximum Gasteiger partial charge on any atom is 0.416 e. The average Bonchev–Trinajstić information content (AvgIpc) is 2.45. The third-order valence-corrected chi connectivity index (χ3v) is 2.90. The number of alkyl halides is 3. The molecular weight excluding hydrogens is 267 g/mol. The fourth-order valence-electron chi connectivity index (χ4n) is 1.82. The monoisotopic (exact) mass is 279 g/mol. The number of aromatic nitrogens is 1. The predicted molar refractivity (Wildman–Crippen MR) is 68.3 cm³/mol. The highest BCUT2D eigenvalue weighted by molar-refractivity contribution is 5.96. The fraction of sp³-hybridized carbons (Fsp3) is 0.200. The smallest absolute Gasteiger partial charge is 0.294 e. The van der Waals surface area contributed by atoms with Gasteiger partial charge in [0, 0.05) is 24.4 Å². The number of nitrogens with zero attached hydrogens (tertiary/aromatic N) is 1. The van der Waals surface area contributed by atoms with Crippen molar-refractivity contribution >= 4 is 5.78 Å². The van der Waals surface area contributed by atoms with Crippen LogP contribution in [-0.2, 0) is 12.6 Å². The lowest BCUT2D eigenvalue weighted by atomic mass is 10.0. The molecule has 1 aromatic carbocycles. The van der Waals surface area contributed by atoms with Gasteiger partial charge in [0.1, 0.15) is 0 Å². The van der Waals surface area contributed by atoms with Gasteiger partial charge in [-0.1, -0.05) is 12.1 Å². The second kappa shape index (κ2) is 5.86. The Balaban J connectivity index is 2.06. The van der Waals surface area contributed by atoms with Crippen molar-refractivity contribution in [3.8, 4) is 0 Å². The van der Waals surface area contributed by atoms with E-state index in [1.54, 1.807) is 24.5 Å². The van der Waals surface area contributed by atoms with Crippen LogP contribution in [-0.4, -0.2) is 10.8 Å². The van der Waals surface area contributed by atoms with E-state index in [1.165, 1.54) is 12.1 Å². The third-order valence-electron chi connectivity index (χ3n) is 2.90. The standard InChI is InChI=1S/C15H12F3NO/c16-15(17,18)13-3-1-2-12(10-13)14(20)5-4-11-6-8-19-9-7-11/h1-3,6-10H,4-5H2. The van der Waals surface area contributed by atoms with Gasteiger partial charge in [0.05, 0.1) is 5.56 Å². The molecule has 0 aliphatic heterocycles. The molecule has 0 fully saturated rings. The minimum absolute atomic E-state index is 0.0916. The Hall–Kier alpha value is -2.17. The van der Waals surface area contributed by atoms with Crippen molar-refractivity contribution in [1.29, 1.82) is 0 Å². The predicted octanol–water partition coefficient (Wildman–Crippen LogP) is 3.92. The number of ketones is 1. The van der Waals surface area contributed by atoms with Crippen LogP contribution in [0.25, 0.3) is 0 Å². The van der Waals surface area contributed by atoms with Crippen molar-refractivity contribution in [2.75, 3.05) is 0 Å². The topological polar surface area (TPSA) is 30.0 Å². The molecular formula is C15H12F3NO. The van der Waals surface area contributed by atoms with Crippen LogP contribution in [0.1, 0.15) is 27.9 Å². The number of carbonyl (C=O) groups excluding carboxylic acids is 1. The summed E-state index contributed by atoms with van der Waals surface area (Å²) in [4.78, 5) is 15.8. The molecule has 0 unspecified atom stereocenters. The molecule has 1 aromatic heterocycles. The molecule has 2 aromatic rings. The molecule has 0 bridgehead atoms. The average molecular weight is 279 g/mol. The van der Waals surface area contributed by atoms with Gasteiger partial charge in [-0.25, -0.2) is 0 Å². The lowest BCUT2D eigenvalue weighted by Gasteiger charge is -2.08. The molecule has 0 spiro atoms. The van der Waals surface area contributed by atoms with E-state index in [0.29, 0.717) is 6.42 Å². The van der Waals surface area contributed by atoms with Gasteiger partial charge in [-0.2, -0.15) is 13.2 Å². The van der Waals surface area contributed by atoms with E-state index in [-0.39, 0.29) is 17.8 Å². The molecule has 0 saturated heterocycles. The summed E-state index contributed by atoms with van der Waals surface area (Å²) in [7, 11) is 0. The summed E-state index contributed by atoms with van der Waals surface area (Å²) >= 11 is 0. The van der Waals surface area contributed by atoms with Crippen molar-refractivity contribution in [2.24, 2.45) is 0 Å². The summed E-state index contributed by atoms with van der Waals surface area (Å²) in [6.45, 7) is 0. The Morgan fingerprint density at radius 3 is 2.45 bits per heavy atom. The molecule has 1 heterocycles. The van der Waals surface area contributed by atoms with Crippen LogP contribution in [0.2, 0.25) is 0 Å². The molecule has 5 heteroatoms. The van der Waals surface area contributed by atoms with Gasteiger partial charge in [0.15, 0.2) is 5.78 Å². The van der Waals surface area contributed by atoms with Gasteiger partial charge in [-0.05, 0) is 36.2 Å². The van der Waals surface area contributed by atoms with Crippen molar-refractivity contribution in [2.45, 2.75) is 19.0 Å². The van der Waals surface area contributed by atoms with Gasteiger partial charge < -0.3 is 0 Å². The Kier molecular flexibility index (Phi) is 4.17. The lowest BCUT2D eigenvalue weighted by molar-refractivity contribution is -0.137. The molecule has 0 aliphatic rings. The van der Waals surface area contributed by atoms with E-state index < -0.39 is 11.7 Å². The number of hydrogen-bond donors (Lipinski definition) is 0. The molecule has 0 aliphatic carbocycles. The zero-order valence-electron chi connectivity index (χ0n) is 10.5. The van der Waals surface area contributed by atoms with Crippen LogP contribution >= 0.6 is 0 Å². The second-order valence-electron chi connectivity index (χ2n) is 4.36. The Bertz CT molecular complexity index is 594. The number of carbonyl (C=O) groups is 1. The SMILES string of the molecule is O=C(CCc1ccncc1)c1cccc(C(F)(F)F)c1. The number of Topliss-reactive ketones (excluding diaryl/α,β-unsaturated/α-hetero) is 1. The van der Waals surface area contributed by atoms with E-state index >= 15 is 0 Å². The van der Waals surface area contributed by atoms with Crippen LogP contribution in [0.4, 0.5) is 13.2 Å². The summed E-state index contributed by atoms with van der Waals surface area (Å²) in [6, 6.07) is 8.07. The molecule has 0 N–H and O–H groups in total. The minimum Gasteiger partial charge on any atom is -0.294 e. The lowest BCUT2D eigenvalue weighted by Crippen LogP contribution is -2.08. The molecule has 104 valence electrons. The Morgan fingerprint density at radius 1 is 1.10 bits per heavy atom. The van der Waals surface area contributed by atoms with Gasteiger partial charge >= 0.3 is 6.18 Å². The number of pyridine rings is 1. The first-order valence-corrected chi connectivity index (χ1v) is 6.06. The summed E-state index contributed by atoms with van der Waals surface area (Å²) in [5, 5.41) is 0. The molecule has 0 atom stereocenters. The number of rotatable bonds is 4. The summed E-state index contributed by atoms with van der Waals surface area (Å²) < 4.78 is 37.7. The van der Waals surface area contributed by atoms with Crippen LogP contribution < -0.4 is 0 Å². The highest BCUT2D eigenvalue weighted by Gasteiger charge is 2.30. The molecule has 20 heavy (non-hydrogen) atoms. The van der Waals surface area contributed by atoms with Crippen LogP contribution in [0, 0.1) is 0 Å². The first-order valence-electron chi connectivity index (χ1n) is 6.06. The maximum atomic E-state index is 12.6. The van der Waals surface area contributed by atoms with Crippen LogP contribution in [0.15, 0.2) is 48.8 Å². The Morgan fingerprint density at radius 2 is 1.80 bits per heavy atom. The first-order chi connectivity index (χ1) is 9.47. The van der Waals surface area contributed by atoms with Gasteiger partial charge in [0.25, 0.3) is 0 Å². The van der Waals surface area contributed by atoms with Crippen molar-refractivity contribution < 1.29 is 18.0 Å². The highest BCUT2D eigenvalue weighted by Crippen LogP contribution is 2.29. The van der Waals surface area contributed by atoms with Crippen molar-refractivity contribution in [1.82, 2.24) is 4.98 Å². The van der Waals surface area contributed by atoms with E-state index in [1.807, 2.05) is 0 Å². The summed E-state index contributed by atoms with van der Waals surface area (Å²) in [6.07, 6.45) is -0.543. The summed E-state index contributed by atoms with van der Waals surface area (Å²) in [5.41, 5.74) is 0.224. The minimum atomic E-state index is -4.43. The maximum absolute atomic E-state index is 12.6. The second-order valence-corrected chi connectivity index (χ2v) is 4.36. The van der Waals surface area contributed by atoms with Crippen molar-refractivity contribution in [3.63, 3.8) is 0 Å². The van der Waals surface area contributed by atoms with E-state index in [9.17, 15) is 18.0 Å². The molecule has 2 rings (SSSR count). The first kappa shape index (κ1) is 14.2. The number of aryl methyl sites for hydroxylation is 1. The number of hydrogen-bond acceptors (Lipinski definition) is 2. The molecule has 0 amide bonds. The molecule has 2 nitrogen and oxygen atoms in total. The zero-order chi connectivity index (χ0) is 14.6. The molecule has 0 radical (unpaired) electrons. The highest BCUT2D eigenvalue weighted by atomic mass is 19.4. The largest absolute Gasteiger partial charge is 0.416 e. The van der Waals surface area contributed by atoms with E-state index in [0.717, 1.165) is 17.7 Å². The normalized spacial score (nSPS) is 11.3. The fourth-order valence-corrected chi connectivity index (χ4v) is 1.82. The van der Waals surface area contributed by atoms with Crippen LogP contribution in [0.3, 0.4) is 0 Å². The van der Waals surface area contributed by atoms with Crippen molar-refractivity contribution in [3.05, 3.63) is 65.5 Å². The molecule has 0 saturated carbocycles. The zero-order valence-corrected chi connectivity index (χ0v) is 10.5. The number of halogens is 3. The van der Waals surface area contributed by atoms with Crippen LogP contribution in [0.5, 0.6) is 0 Å².